The number of anilines is 2. The van der Waals surface area contributed by atoms with Crippen LogP contribution < -0.4 is 20.7 Å². The number of nitrogens with zero attached hydrogens (tertiary/aromatic N) is 1. The molecule has 1 aromatic heterocycles. The van der Waals surface area contributed by atoms with Crippen LogP contribution >= 0.6 is 0 Å². The van der Waals surface area contributed by atoms with Crippen molar-refractivity contribution in [3.8, 4) is 5.75 Å². The summed E-state index contributed by atoms with van der Waals surface area (Å²) in [6.07, 6.45) is 1.85. The molecule has 3 rings (SSSR count). The van der Waals surface area contributed by atoms with Crippen LogP contribution in [0.2, 0.25) is 0 Å². The molecule has 24 heavy (non-hydrogen) atoms. The fourth-order valence-electron chi connectivity index (χ4n) is 2.31. The van der Waals surface area contributed by atoms with E-state index in [2.05, 4.69) is 20.9 Å². The number of hydrogen-bond donors (Lipinski definition) is 3. The molecule has 2 heterocycles. The Morgan fingerprint density at radius 1 is 1.33 bits per heavy atom. The quantitative estimate of drug-likeness (QED) is 0.803. The molecule has 7 nitrogen and oxygen atoms in total. The first kappa shape index (κ1) is 15.8. The van der Waals surface area contributed by atoms with Crippen LogP contribution in [0.3, 0.4) is 0 Å². The second-order valence-electron chi connectivity index (χ2n) is 5.41. The Hall–Kier alpha value is -3.09. The fourth-order valence-corrected chi connectivity index (χ4v) is 2.31. The number of ether oxygens (including phenoxy) is 1. The summed E-state index contributed by atoms with van der Waals surface area (Å²) in [5.74, 6) is 0.377. The molecule has 0 bridgehead atoms. The van der Waals surface area contributed by atoms with E-state index >= 15 is 0 Å². The predicted octanol–water partition coefficient (Wildman–Crippen LogP) is 2.17. The molecular formula is C17H18N4O3. The number of rotatable bonds is 4. The molecule has 0 fully saturated rings. The number of benzene rings is 1. The third-order valence-corrected chi connectivity index (χ3v) is 3.56. The van der Waals surface area contributed by atoms with Crippen LogP contribution in [0, 0.1) is 0 Å². The smallest absolute Gasteiger partial charge is 0.319 e. The number of urea groups is 1. The molecule has 1 atom stereocenters. The standard InChI is InChI=1S/C17H18N4O3/c1-11-16(22)21-14-10-13(5-6-15(14)24-11)20-17(23)19-9-7-12-4-2-3-8-18-12/h2-6,8,10-11H,7,9H2,1H3,(H,21,22)(H2,19,20,23)/t11-/m1/s1. The normalized spacial score (nSPS) is 15.7. The van der Waals surface area contributed by atoms with Gasteiger partial charge in [0.15, 0.2) is 6.10 Å². The summed E-state index contributed by atoms with van der Waals surface area (Å²) in [5, 5.41) is 8.24. The minimum absolute atomic E-state index is 0.209. The lowest BCUT2D eigenvalue weighted by Crippen LogP contribution is -2.34. The van der Waals surface area contributed by atoms with Gasteiger partial charge < -0.3 is 20.7 Å². The van der Waals surface area contributed by atoms with Gasteiger partial charge in [-0.05, 0) is 37.3 Å². The Bertz CT molecular complexity index is 749. The summed E-state index contributed by atoms with van der Waals surface area (Å²) in [5.41, 5.74) is 2.03. The predicted molar refractivity (Wildman–Crippen MR) is 90.1 cm³/mol. The highest BCUT2D eigenvalue weighted by Crippen LogP contribution is 2.32. The number of pyridine rings is 1. The summed E-state index contributed by atoms with van der Waals surface area (Å²) in [7, 11) is 0. The maximum absolute atomic E-state index is 11.9. The van der Waals surface area contributed by atoms with Crippen molar-refractivity contribution in [1.29, 1.82) is 0 Å². The SMILES string of the molecule is C[C@H]1Oc2ccc(NC(=O)NCCc3ccccn3)cc2NC1=O. The highest BCUT2D eigenvalue weighted by Gasteiger charge is 2.23. The molecule has 0 radical (unpaired) electrons. The number of aromatic nitrogens is 1. The summed E-state index contributed by atoms with van der Waals surface area (Å²) >= 11 is 0. The van der Waals surface area contributed by atoms with Gasteiger partial charge in [0, 0.05) is 30.5 Å². The molecule has 0 saturated carbocycles. The summed E-state index contributed by atoms with van der Waals surface area (Å²) in [4.78, 5) is 27.7. The van der Waals surface area contributed by atoms with Gasteiger partial charge in [-0.1, -0.05) is 6.07 Å². The largest absolute Gasteiger partial charge is 0.479 e. The van der Waals surface area contributed by atoms with Gasteiger partial charge in [0.25, 0.3) is 5.91 Å². The van der Waals surface area contributed by atoms with Crippen molar-refractivity contribution in [3.63, 3.8) is 0 Å². The number of hydrogen-bond acceptors (Lipinski definition) is 4. The Morgan fingerprint density at radius 2 is 2.21 bits per heavy atom. The molecule has 0 aliphatic carbocycles. The molecule has 0 saturated heterocycles. The lowest BCUT2D eigenvalue weighted by atomic mass is 10.2. The lowest BCUT2D eigenvalue weighted by Gasteiger charge is -2.23. The van der Waals surface area contributed by atoms with Crippen LogP contribution in [-0.4, -0.2) is 29.6 Å². The second-order valence-corrected chi connectivity index (χ2v) is 5.41. The number of carbonyl (C=O) groups excluding carboxylic acids is 2. The van der Waals surface area contributed by atoms with Gasteiger partial charge in [0.1, 0.15) is 5.75 Å². The van der Waals surface area contributed by atoms with Crippen molar-refractivity contribution in [2.75, 3.05) is 17.2 Å². The van der Waals surface area contributed by atoms with Crippen LogP contribution in [0.25, 0.3) is 0 Å². The molecule has 124 valence electrons. The zero-order valence-electron chi connectivity index (χ0n) is 13.2. The molecule has 0 spiro atoms. The summed E-state index contributed by atoms with van der Waals surface area (Å²) in [6.45, 7) is 2.16. The molecule has 0 unspecified atom stereocenters. The number of nitrogens with one attached hydrogen (secondary N) is 3. The average Bonchev–Trinajstić information content (AvgIpc) is 2.57. The van der Waals surface area contributed by atoms with Crippen LogP contribution in [0.4, 0.5) is 16.2 Å². The van der Waals surface area contributed by atoms with E-state index in [1.165, 1.54) is 0 Å². The van der Waals surface area contributed by atoms with E-state index in [0.717, 1.165) is 5.69 Å². The number of carbonyl (C=O) groups is 2. The zero-order valence-corrected chi connectivity index (χ0v) is 13.2. The zero-order chi connectivity index (χ0) is 16.9. The summed E-state index contributed by atoms with van der Waals surface area (Å²) in [6, 6.07) is 10.5. The van der Waals surface area contributed by atoms with E-state index in [1.807, 2.05) is 18.2 Å². The van der Waals surface area contributed by atoms with Crippen molar-refractivity contribution in [2.45, 2.75) is 19.4 Å². The van der Waals surface area contributed by atoms with Crippen molar-refractivity contribution < 1.29 is 14.3 Å². The van der Waals surface area contributed by atoms with Gasteiger partial charge in [-0.3, -0.25) is 9.78 Å². The van der Waals surface area contributed by atoms with Gasteiger partial charge in [-0.15, -0.1) is 0 Å². The van der Waals surface area contributed by atoms with E-state index in [-0.39, 0.29) is 11.9 Å². The molecule has 3 amide bonds. The molecule has 1 aliphatic rings. The van der Waals surface area contributed by atoms with Crippen molar-refractivity contribution in [3.05, 3.63) is 48.3 Å². The highest BCUT2D eigenvalue weighted by atomic mass is 16.5. The van der Waals surface area contributed by atoms with Crippen LogP contribution in [0.5, 0.6) is 5.75 Å². The first-order chi connectivity index (χ1) is 11.6. The third kappa shape index (κ3) is 3.81. The van der Waals surface area contributed by atoms with Crippen LogP contribution in [-0.2, 0) is 11.2 Å². The first-order valence-electron chi connectivity index (χ1n) is 7.68. The highest BCUT2D eigenvalue weighted by molar-refractivity contribution is 5.99. The van der Waals surface area contributed by atoms with Crippen molar-refractivity contribution >= 4 is 23.3 Å². The number of amides is 3. The third-order valence-electron chi connectivity index (χ3n) is 3.56. The summed E-state index contributed by atoms with van der Waals surface area (Å²) < 4.78 is 5.47. The van der Waals surface area contributed by atoms with Crippen LogP contribution in [0.1, 0.15) is 12.6 Å². The molecule has 3 N–H and O–H groups in total. The van der Waals surface area contributed by atoms with Gasteiger partial charge in [0.2, 0.25) is 0 Å². The van der Waals surface area contributed by atoms with Crippen LogP contribution in [0.15, 0.2) is 42.6 Å². The minimum atomic E-state index is -0.522. The number of fused-ring (bicyclic) bond motifs is 1. The topological polar surface area (TPSA) is 92.3 Å². The fraction of sp³-hybridized carbons (Fsp3) is 0.235. The van der Waals surface area contributed by atoms with Crippen molar-refractivity contribution in [1.82, 2.24) is 10.3 Å². The minimum Gasteiger partial charge on any atom is -0.479 e. The lowest BCUT2D eigenvalue weighted by molar-refractivity contribution is -0.122. The van der Waals surface area contributed by atoms with Gasteiger partial charge in [-0.2, -0.15) is 0 Å². The van der Waals surface area contributed by atoms with Gasteiger partial charge in [-0.25, -0.2) is 4.79 Å². The van der Waals surface area contributed by atoms with Crippen molar-refractivity contribution in [2.24, 2.45) is 0 Å². The van der Waals surface area contributed by atoms with Gasteiger partial charge in [0.05, 0.1) is 5.69 Å². The average molecular weight is 326 g/mol. The van der Waals surface area contributed by atoms with E-state index in [1.54, 1.807) is 31.3 Å². The Morgan fingerprint density at radius 3 is 3.00 bits per heavy atom. The molecule has 1 aromatic carbocycles. The Balaban J connectivity index is 1.53. The van der Waals surface area contributed by atoms with Gasteiger partial charge >= 0.3 is 6.03 Å². The first-order valence-corrected chi connectivity index (χ1v) is 7.68. The van der Waals surface area contributed by atoms with E-state index in [0.29, 0.717) is 30.1 Å². The van der Waals surface area contributed by atoms with E-state index in [4.69, 9.17) is 4.74 Å². The monoisotopic (exact) mass is 326 g/mol. The second kappa shape index (κ2) is 6.99. The molecular weight excluding hydrogens is 308 g/mol. The molecule has 1 aliphatic heterocycles. The maximum atomic E-state index is 11.9. The Kier molecular flexibility index (Phi) is 4.60. The molecule has 7 heteroatoms. The van der Waals surface area contributed by atoms with E-state index in [9.17, 15) is 9.59 Å². The Labute approximate surface area is 139 Å². The maximum Gasteiger partial charge on any atom is 0.319 e. The van der Waals surface area contributed by atoms with E-state index < -0.39 is 6.10 Å². The molecule has 2 aromatic rings.